The molecule has 0 amide bonds. The van der Waals surface area contributed by atoms with Crippen LogP contribution in [-0.2, 0) is 16.4 Å². The molecule has 0 aliphatic heterocycles. The predicted octanol–water partition coefficient (Wildman–Crippen LogP) is 2.34. The highest BCUT2D eigenvalue weighted by Crippen LogP contribution is 2.22. The molecule has 106 valence electrons. The summed E-state index contributed by atoms with van der Waals surface area (Å²) >= 11 is 0. The second kappa shape index (κ2) is 5.50. The number of nitrogens with two attached hydrogens (primary N) is 1. The molecular formula is C14H17N3O2S. The molecule has 6 heteroatoms. The fourth-order valence-electron chi connectivity index (χ4n) is 1.85. The number of aromatic nitrogens is 1. The summed E-state index contributed by atoms with van der Waals surface area (Å²) in [6.45, 7) is 3.74. The van der Waals surface area contributed by atoms with Crippen molar-refractivity contribution in [2.75, 3.05) is 10.5 Å². The van der Waals surface area contributed by atoms with Crippen LogP contribution in [0, 0.1) is 6.92 Å². The third-order valence-electron chi connectivity index (χ3n) is 2.93. The van der Waals surface area contributed by atoms with Gasteiger partial charge in [0.05, 0.1) is 16.8 Å². The monoisotopic (exact) mass is 291 g/mol. The average Bonchev–Trinajstić information content (AvgIpc) is 2.41. The maximum absolute atomic E-state index is 12.4. The van der Waals surface area contributed by atoms with Gasteiger partial charge in [0.1, 0.15) is 0 Å². The summed E-state index contributed by atoms with van der Waals surface area (Å²) in [6.07, 6.45) is 2.10. The van der Waals surface area contributed by atoms with Crippen molar-refractivity contribution in [1.29, 1.82) is 0 Å². The topological polar surface area (TPSA) is 85.1 Å². The van der Waals surface area contributed by atoms with E-state index in [1.807, 2.05) is 13.8 Å². The molecule has 0 aliphatic carbocycles. The number of aryl methyl sites for hydroxylation is 2. The highest BCUT2D eigenvalue weighted by Gasteiger charge is 2.18. The number of sulfonamides is 1. The summed E-state index contributed by atoms with van der Waals surface area (Å²) in [4.78, 5) is 4.27. The first-order chi connectivity index (χ1) is 9.42. The Morgan fingerprint density at radius 1 is 1.25 bits per heavy atom. The first-order valence-corrected chi connectivity index (χ1v) is 7.74. The first-order valence-electron chi connectivity index (χ1n) is 6.26. The Kier molecular flexibility index (Phi) is 3.94. The Bertz CT molecular complexity index is 710. The van der Waals surface area contributed by atoms with E-state index in [0.717, 1.165) is 11.3 Å². The zero-order valence-corrected chi connectivity index (χ0v) is 12.2. The van der Waals surface area contributed by atoms with Gasteiger partial charge in [0.2, 0.25) is 0 Å². The molecule has 0 spiro atoms. The molecule has 20 heavy (non-hydrogen) atoms. The molecule has 0 radical (unpaired) electrons. The van der Waals surface area contributed by atoms with Crippen LogP contribution in [0.1, 0.15) is 18.2 Å². The Balaban J connectivity index is 2.40. The Morgan fingerprint density at radius 2 is 2.00 bits per heavy atom. The van der Waals surface area contributed by atoms with E-state index in [9.17, 15) is 8.42 Å². The van der Waals surface area contributed by atoms with Gasteiger partial charge in [0, 0.05) is 11.4 Å². The number of pyridine rings is 1. The van der Waals surface area contributed by atoms with Gasteiger partial charge < -0.3 is 5.73 Å². The largest absolute Gasteiger partial charge is 0.399 e. The number of hydrogen-bond donors (Lipinski definition) is 2. The van der Waals surface area contributed by atoms with E-state index in [1.165, 1.54) is 12.3 Å². The van der Waals surface area contributed by atoms with Crippen LogP contribution in [0.2, 0.25) is 0 Å². The summed E-state index contributed by atoms with van der Waals surface area (Å²) in [5.41, 5.74) is 8.09. The third kappa shape index (κ3) is 3.08. The van der Waals surface area contributed by atoms with Crippen molar-refractivity contribution in [1.82, 2.24) is 4.98 Å². The van der Waals surface area contributed by atoms with E-state index in [-0.39, 0.29) is 4.90 Å². The minimum Gasteiger partial charge on any atom is -0.399 e. The van der Waals surface area contributed by atoms with Crippen molar-refractivity contribution in [2.45, 2.75) is 25.2 Å². The van der Waals surface area contributed by atoms with Gasteiger partial charge in [-0.3, -0.25) is 9.71 Å². The maximum Gasteiger partial charge on any atom is 0.262 e. The van der Waals surface area contributed by atoms with E-state index in [2.05, 4.69) is 9.71 Å². The van der Waals surface area contributed by atoms with E-state index in [4.69, 9.17) is 5.73 Å². The van der Waals surface area contributed by atoms with Crippen molar-refractivity contribution < 1.29 is 8.42 Å². The van der Waals surface area contributed by atoms with Crippen molar-refractivity contribution in [3.63, 3.8) is 0 Å². The molecular weight excluding hydrogens is 274 g/mol. The molecule has 0 bridgehead atoms. The van der Waals surface area contributed by atoms with Crippen molar-refractivity contribution in [3.05, 3.63) is 47.8 Å². The van der Waals surface area contributed by atoms with Gasteiger partial charge in [0.15, 0.2) is 0 Å². The van der Waals surface area contributed by atoms with Gasteiger partial charge >= 0.3 is 0 Å². The third-order valence-corrected chi connectivity index (χ3v) is 4.39. The maximum atomic E-state index is 12.4. The molecule has 0 saturated carbocycles. The summed E-state index contributed by atoms with van der Waals surface area (Å²) in [5, 5.41) is 0. The fourth-order valence-corrected chi connectivity index (χ4v) is 3.24. The van der Waals surface area contributed by atoms with Crippen LogP contribution >= 0.6 is 0 Å². The summed E-state index contributed by atoms with van der Waals surface area (Å²) < 4.78 is 27.4. The zero-order chi connectivity index (χ0) is 14.8. The van der Waals surface area contributed by atoms with Crippen LogP contribution in [0.25, 0.3) is 0 Å². The number of benzene rings is 1. The highest BCUT2D eigenvalue weighted by molar-refractivity contribution is 7.92. The van der Waals surface area contributed by atoms with Gasteiger partial charge in [-0.15, -0.1) is 0 Å². The summed E-state index contributed by atoms with van der Waals surface area (Å²) in [5.74, 6) is 0. The van der Waals surface area contributed by atoms with Crippen LogP contribution < -0.4 is 10.5 Å². The van der Waals surface area contributed by atoms with Crippen molar-refractivity contribution in [3.8, 4) is 0 Å². The number of hydrogen-bond acceptors (Lipinski definition) is 4. The molecule has 1 aromatic heterocycles. The average molecular weight is 291 g/mol. The summed E-state index contributed by atoms with van der Waals surface area (Å²) in [6, 6.07) is 8.33. The Morgan fingerprint density at radius 3 is 2.60 bits per heavy atom. The number of nitrogens with zero attached hydrogens (tertiary/aromatic N) is 1. The lowest BCUT2D eigenvalue weighted by Crippen LogP contribution is -2.15. The standard InChI is InChI=1S/C14H17N3O2S/c1-3-11-5-6-12(15)8-14(11)20(18,19)17-13-7-4-10(2)16-9-13/h4-9,17H,3,15H2,1-2H3. The molecule has 0 fully saturated rings. The highest BCUT2D eigenvalue weighted by atomic mass is 32.2. The van der Waals surface area contributed by atoms with Crippen molar-refractivity contribution >= 4 is 21.4 Å². The molecule has 5 nitrogen and oxygen atoms in total. The van der Waals surface area contributed by atoms with Crippen LogP contribution in [0.3, 0.4) is 0 Å². The van der Waals surface area contributed by atoms with E-state index in [1.54, 1.807) is 24.3 Å². The van der Waals surface area contributed by atoms with Gasteiger partial charge in [0.25, 0.3) is 10.0 Å². The Hall–Kier alpha value is -2.08. The fraction of sp³-hybridized carbons (Fsp3) is 0.214. The van der Waals surface area contributed by atoms with Gasteiger partial charge in [-0.25, -0.2) is 8.42 Å². The molecule has 2 aromatic rings. The van der Waals surface area contributed by atoms with Crippen LogP contribution in [-0.4, -0.2) is 13.4 Å². The second-order valence-electron chi connectivity index (χ2n) is 4.51. The minimum absolute atomic E-state index is 0.209. The van der Waals surface area contributed by atoms with Gasteiger partial charge in [-0.05, 0) is 43.2 Å². The van der Waals surface area contributed by atoms with Gasteiger partial charge in [-0.1, -0.05) is 13.0 Å². The van der Waals surface area contributed by atoms with E-state index in [0.29, 0.717) is 17.8 Å². The molecule has 3 N–H and O–H groups in total. The predicted molar refractivity (Wildman–Crippen MR) is 80.0 cm³/mol. The van der Waals surface area contributed by atoms with Crippen LogP contribution in [0.4, 0.5) is 11.4 Å². The van der Waals surface area contributed by atoms with Crippen LogP contribution in [0.5, 0.6) is 0 Å². The lowest BCUT2D eigenvalue weighted by atomic mass is 10.1. The van der Waals surface area contributed by atoms with E-state index < -0.39 is 10.0 Å². The number of rotatable bonds is 4. The van der Waals surface area contributed by atoms with E-state index >= 15 is 0 Å². The molecule has 0 saturated heterocycles. The Labute approximate surface area is 118 Å². The van der Waals surface area contributed by atoms with Crippen molar-refractivity contribution in [2.24, 2.45) is 0 Å². The molecule has 2 rings (SSSR count). The lowest BCUT2D eigenvalue weighted by molar-refractivity contribution is 0.600. The second-order valence-corrected chi connectivity index (χ2v) is 6.17. The summed E-state index contributed by atoms with van der Waals surface area (Å²) in [7, 11) is -3.66. The smallest absolute Gasteiger partial charge is 0.262 e. The number of nitrogen functional groups attached to an aromatic ring is 1. The molecule has 1 aromatic carbocycles. The van der Waals surface area contributed by atoms with Gasteiger partial charge in [-0.2, -0.15) is 0 Å². The quantitative estimate of drug-likeness (QED) is 0.847. The SMILES string of the molecule is CCc1ccc(N)cc1S(=O)(=O)Nc1ccc(C)nc1. The lowest BCUT2D eigenvalue weighted by Gasteiger charge is -2.12. The molecule has 1 heterocycles. The first kappa shape index (κ1) is 14.3. The van der Waals surface area contributed by atoms with Crippen LogP contribution in [0.15, 0.2) is 41.4 Å². The molecule has 0 unspecified atom stereocenters. The molecule has 0 atom stereocenters. The normalized spacial score (nSPS) is 11.3. The molecule has 0 aliphatic rings. The number of nitrogens with one attached hydrogen (secondary N) is 1. The zero-order valence-electron chi connectivity index (χ0n) is 11.4. The number of anilines is 2. The minimum atomic E-state index is -3.66.